The average Bonchev–Trinajstić information content (AvgIpc) is 2.94. The molecule has 3 rings (SSSR count). The smallest absolute Gasteiger partial charge is 0.0453 e. The first kappa shape index (κ1) is 14.6. The number of rotatable bonds is 4. The molecule has 3 heteroatoms. The minimum Gasteiger partial charge on any atom is -0.309 e. The van der Waals surface area contributed by atoms with Crippen molar-refractivity contribution in [3.8, 4) is 0 Å². The first-order valence-corrected chi connectivity index (χ1v) is 7.79. The zero-order chi connectivity index (χ0) is 14.8. The van der Waals surface area contributed by atoms with Crippen molar-refractivity contribution in [1.82, 2.24) is 10.2 Å². The maximum atomic E-state index is 6.31. The van der Waals surface area contributed by atoms with Crippen LogP contribution in [-0.4, -0.2) is 11.9 Å². The molecule has 1 aliphatic heterocycles. The average molecular weight is 301 g/mol. The van der Waals surface area contributed by atoms with Crippen LogP contribution in [0.3, 0.4) is 0 Å². The molecule has 1 unspecified atom stereocenters. The second-order valence-corrected chi connectivity index (χ2v) is 6.23. The van der Waals surface area contributed by atoms with E-state index >= 15 is 0 Å². The fourth-order valence-corrected chi connectivity index (χ4v) is 3.22. The second-order valence-electron chi connectivity index (χ2n) is 5.82. The molecule has 1 aliphatic rings. The molecule has 0 aromatic heterocycles. The van der Waals surface area contributed by atoms with Crippen molar-refractivity contribution in [2.45, 2.75) is 32.6 Å². The molecule has 21 heavy (non-hydrogen) atoms. The lowest BCUT2D eigenvalue weighted by Gasteiger charge is -2.26. The van der Waals surface area contributed by atoms with Gasteiger partial charge in [-0.3, -0.25) is 4.90 Å². The number of nitrogens with zero attached hydrogens (tertiary/aromatic N) is 1. The van der Waals surface area contributed by atoms with Crippen molar-refractivity contribution in [1.29, 1.82) is 0 Å². The second kappa shape index (κ2) is 6.18. The Hall–Kier alpha value is -1.35. The number of fused-ring (bicyclic) bond motifs is 1. The van der Waals surface area contributed by atoms with E-state index in [4.69, 9.17) is 11.6 Å². The molecule has 0 spiro atoms. The molecule has 0 saturated carbocycles. The van der Waals surface area contributed by atoms with E-state index < -0.39 is 0 Å². The number of benzene rings is 2. The van der Waals surface area contributed by atoms with E-state index in [0.717, 1.165) is 24.7 Å². The third-order valence-corrected chi connectivity index (χ3v) is 4.69. The van der Waals surface area contributed by atoms with Crippen molar-refractivity contribution in [3.05, 3.63) is 69.7 Å². The third-order valence-electron chi connectivity index (χ3n) is 4.35. The molecule has 0 fully saturated rings. The van der Waals surface area contributed by atoms with E-state index in [2.05, 4.69) is 48.5 Å². The number of halogens is 1. The minimum atomic E-state index is 0.296. The molecule has 2 aromatic carbocycles. The van der Waals surface area contributed by atoms with Crippen LogP contribution in [0.4, 0.5) is 0 Å². The molecule has 2 aromatic rings. The largest absolute Gasteiger partial charge is 0.309 e. The maximum absolute atomic E-state index is 6.31. The summed E-state index contributed by atoms with van der Waals surface area (Å²) in [5, 5.41) is 4.24. The van der Waals surface area contributed by atoms with Crippen molar-refractivity contribution < 1.29 is 0 Å². The summed E-state index contributed by atoms with van der Waals surface area (Å²) < 4.78 is 0. The highest BCUT2D eigenvalue weighted by Crippen LogP contribution is 2.27. The van der Waals surface area contributed by atoms with Gasteiger partial charge in [0.05, 0.1) is 0 Å². The van der Waals surface area contributed by atoms with Crippen LogP contribution in [0, 0.1) is 0 Å². The normalized spacial score (nSPS) is 15.2. The summed E-state index contributed by atoms with van der Waals surface area (Å²) in [7, 11) is 2.15. The van der Waals surface area contributed by atoms with Gasteiger partial charge in [0.15, 0.2) is 0 Å². The molecular formula is C18H21ClN2. The Morgan fingerprint density at radius 1 is 1.14 bits per heavy atom. The van der Waals surface area contributed by atoms with Crippen LogP contribution in [0.1, 0.15) is 35.2 Å². The lowest BCUT2D eigenvalue weighted by atomic mass is 10.0. The summed E-state index contributed by atoms with van der Waals surface area (Å²) in [5.74, 6) is 0. The van der Waals surface area contributed by atoms with Crippen LogP contribution in [0.5, 0.6) is 0 Å². The molecule has 0 bridgehead atoms. The Bertz CT molecular complexity index is 639. The van der Waals surface area contributed by atoms with Crippen LogP contribution in [0.15, 0.2) is 42.5 Å². The van der Waals surface area contributed by atoms with Gasteiger partial charge in [0, 0.05) is 30.7 Å². The summed E-state index contributed by atoms with van der Waals surface area (Å²) >= 11 is 6.31. The summed E-state index contributed by atoms with van der Waals surface area (Å²) in [6.45, 7) is 5.13. The predicted octanol–water partition coefficient (Wildman–Crippen LogP) is 4.14. The first-order chi connectivity index (χ1) is 10.1. The molecule has 1 atom stereocenters. The summed E-state index contributed by atoms with van der Waals surface area (Å²) in [4.78, 5) is 2.34. The number of nitrogens with one attached hydrogen (secondary N) is 1. The Morgan fingerprint density at radius 3 is 2.71 bits per heavy atom. The molecule has 0 radical (unpaired) electrons. The Kier molecular flexibility index (Phi) is 4.29. The van der Waals surface area contributed by atoms with Crippen LogP contribution < -0.4 is 5.32 Å². The van der Waals surface area contributed by atoms with Gasteiger partial charge in [-0.15, -0.1) is 0 Å². The van der Waals surface area contributed by atoms with E-state index in [1.165, 1.54) is 22.3 Å². The van der Waals surface area contributed by atoms with E-state index in [1.807, 2.05) is 18.2 Å². The van der Waals surface area contributed by atoms with Crippen LogP contribution in [-0.2, 0) is 19.6 Å². The van der Waals surface area contributed by atoms with Crippen LogP contribution in [0.2, 0.25) is 5.02 Å². The predicted molar refractivity (Wildman–Crippen MR) is 88.3 cm³/mol. The SMILES string of the molecule is CC(c1ccccc1Cl)N(C)Cc1ccc2c(c1)CNC2. The van der Waals surface area contributed by atoms with E-state index in [-0.39, 0.29) is 0 Å². The first-order valence-electron chi connectivity index (χ1n) is 7.41. The quantitative estimate of drug-likeness (QED) is 0.913. The van der Waals surface area contributed by atoms with Crippen molar-refractivity contribution >= 4 is 11.6 Å². The highest BCUT2D eigenvalue weighted by molar-refractivity contribution is 6.31. The fourth-order valence-electron chi connectivity index (χ4n) is 2.92. The Labute approximate surface area is 131 Å². The standard InChI is InChI=1S/C18H21ClN2/c1-13(17-5-3-4-6-18(17)19)21(2)12-14-7-8-15-10-20-11-16(15)9-14/h3-9,13,20H,10-12H2,1-2H3. The Morgan fingerprint density at radius 2 is 1.90 bits per heavy atom. The molecule has 1 N–H and O–H groups in total. The van der Waals surface area contributed by atoms with E-state index in [1.54, 1.807) is 0 Å². The van der Waals surface area contributed by atoms with Gasteiger partial charge in [0.2, 0.25) is 0 Å². The monoisotopic (exact) mass is 300 g/mol. The van der Waals surface area contributed by atoms with Gasteiger partial charge in [-0.2, -0.15) is 0 Å². The van der Waals surface area contributed by atoms with Crippen LogP contribution in [0.25, 0.3) is 0 Å². The van der Waals surface area contributed by atoms with Gasteiger partial charge in [0.25, 0.3) is 0 Å². The molecule has 0 amide bonds. The zero-order valence-corrected chi connectivity index (χ0v) is 13.3. The molecule has 0 aliphatic carbocycles. The number of hydrogen-bond acceptors (Lipinski definition) is 2. The van der Waals surface area contributed by atoms with Gasteiger partial charge >= 0.3 is 0 Å². The van der Waals surface area contributed by atoms with Gasteiger partial charge in [-0.05, 0) is 42.3 Å². The van der Waals surface area contributed by atoms with Gasteiger partial charge in [0.1, 0.15) is 0 Å². The maximum Gasteiger partial charge on any atom is 0.0453 e. The molecule has 1 heterocycles. The van der Waals surface area contributed by atoms with Crippen molar-refractivity contribution in [2.75, 3.05) is 7.05 Å². The third kappa shape index (κ3) is 3.13. The Balaban J connectivity index is 1.74. The summed E-state index contributed by atoms with van der Waals surface area (Å²) in [5.41, 5.74) is 5.41. The topological polar surface area (TPSA) is 15.3 Å². The summed E-state index contributed by atoms with van der Waals surface area (Å²) in [6, 6.07) is 15.2. The highest BCUT2D eigenvalue weighted by atomic mass is 35.5. The molecule has 2 nitrogen and oxygen atoms in total. The number of hydrogen-bond donors (Lipinski definition) is 1. The van der Waals surface area contributed by atoms with E-state index in [9.17, 15) is 0 Å². The molecule has 0 saturated heterocycles. The highest BCUT2D eigenvalue weighted by Gasteiger charge is 2.16. The van der Waals surface area contributed by atoms with Crippen molar-refractivity contribution in [3.63, 3.8) is 0 Å². The van der Waals surface area contributed by atoms with Gasteiger partial charge in [-0.1, -0.05) is 48.0 Å². The minimum absolute atomic E-state index is 0.296. The molecular weight excluding hydrogens is 280 g/mol. The summed E-state index contributed by atoms with van der Waals surface area (Å²) in [6.07, 6.45) is 0. The lowest BCUT2D eigenvalue weighted by molar-refractivity contribution is 0.253. The van der Waals surface area contributed by atoms with Gasteiger partial charge < -0.3 is 5.32 Å². The van der Waals surface area contributed by atoms with Gasteiger partial charge in [-0.25, -0.2) is 0 Å². The zero-order valence-electron chi connectivity index (χ0n) is 12.6. The van der Waals surface area contributed by atoms with Crippen LogP contribution >= 0.6 is 11.6 Å². The van der Waals surface area contributed by atoms with E-state index in [0.29, 0.717) is 6.04 Å². The lowest BCUT2D eigenvalue weighted by Crippen LogP contribution is -2.22. The fraction of sp³-hybridized carbons (Fsp3) is 0.333. The van der Waals surface area contributed by atoms with Crippen molar-refractivity contribution in [2.24, 2.45) is 0 Å². The molecule has 110 valence electrons.